The zero-order valence-corrected chi connectivity index (χ0v) is 10.1. The average Bonchev–Trinajstić information content (AvgIpc) is 2.73. The van der Waals surface area contributed by atoms with E-state index in [9.17, 15) is 4.79 Å². The molecule has 3 heteroatoms. The molecule has 0 saturated carbocycles. The van der Waals surface area contributed by atoms with Gasteiger partial charge in [0.25, 0.3) is 0 Å². The van der Waals surface area contributed by atoms with Gasteiger partial charge in [0.15, 0.2) is 0 Å². The number of hydrogen-bond donors (Lipinski definition) is 1. The Bertz CT molecular complexity index is 720. The molecule has 2 aromatic rings. The Morgan fingerprint density at radius 1 is 0.947 bits per heavy atom. The summed E-state index contributed by atoms with van der Waals surface area (Å²) in [6, 6.07) is 15.4. The highest BCUT2D eigenvalue weighted by Crippen LogP contribution is 2.48. The van der Waals surface area contributed by atoms with Crippen LogP contribution in [0.5, 0.6) is 5.75 Å². The van der Waals surface area contributed by atoms with Gasteiger partial charge in [-0.25, -0.2) is 0 Å². The Morgan fingerprint density at radius 3 is 2.58 bits per heavy atom. The van der Waals surface area contributed by atoms with Gasteiger partial charge in [-0.05, 0) is 23.8 Å². The number of para-hydroxylation sites is 2. The van der Waals surface area contributed by atoms with Crippen molar-refractivity contribution in [3.8, 4) is 5.75 Å². The normalized spacial score (nSPS) is 22.6. The fourth-order valence-electron chi connectivity index (χ4n) is 2.91. The number of carbonyl (C=O) groups excluding carboxylic acids is 1. The molecule has 2 aliphatic rings. The molecule has 2 heterocycles. The van der Waals surface area contributed by atoms with Crippen molar-refractivity contribution in [3.05, 3.63) is 72.0 Å². The van der Waals surface area contributed by atoms with E-state index >= 15 is 0 Å². The molecule has 0 aromatic heterocycles. The lowest BCUT2D eigenvalue weighted by Gasteiger charge is -2.29. The van der Waals surface area contributed by atoms with Crippen molar-refractivity contribution in [1.29, 1.82) is 0 Å². The second kappa shape index (κ2) is 3.48. The smallest absolute Gasteiger partial charge is 0.243 e. The first-order chi connectivity index (χ1) is 9.32. The summed E-state index contributed by atoms with van der Waals surface area (Å²) in [7, 11) is 0. The summed E-state index contributed by atoms with van der Waals surface area (Å²) >= 11 is 0. The number of fused-ring (bicyclic) bond motifs is 4. The number of rotatable bonds is 0. The molecule has 92 valence electrons. The molecular weight excluding hydrogens is 238 g/mol. The Labute approximate surface area is 110 Å². The summed E-state index contributed by atoms with van der Waals surface area (Å²) in [5.41, 5.74) is 1.98. The lowest BCUT2D eigenvalue weighted by atomic mass is 9.74. The molecule has 1 spiro atoms. The second-order valence-corrected chi connectivity index (χ2v) is 4.72. The van der Waals surface area contributed by atoms with Crippen molar-refractivity contribution >= 4 is 11.6 Å². The van der Waals surface area contributed by atoms with E-state index in [1.54, 1.807) is 6.26 Å². The standard InChI is InChI=1S/C16H11NO2/c18-15-16(11-5-1-3-7-13(11)17-15)9-10-19-14-8-4-2-6-12(14)16/h1-10H,(H,17,18). The van der Waals surface area contributed by atoms with Gasteiger partial charge in [0.2, 0.25) is 5.91 Å². The predicted octanol–water partition coefficient (Wildman–Crippen LogP) is 2.83. The van der Waals surface area contributed by atoms with Gasteiger partial charge in [-0.1, -0.05) is 36.4 Å². The molecule has 0 fully saturated rings. The van der Waals surface area contributed by atoms with Crippen molar-refractivity contribution < 1.29 is 9.53 Å². The van der Waals surface area contributed by atoms with Gasteiger partial charge in [0.1, 0.15) is 11.2 Å². The Morgan fingerprint density at radius 2 is 1.68 bits per heavy atom. The van der Waals surface area contributed by atoms with E-state index in [0.29, 0.717) is 0 Å². The first-order valence-electron chi connectivity index (χ1n) is 6.17. The lowest BCUT2D eigenvalue weighted by molar-refractivity contribution is -0.118. The van der Waals surface area contributed by atoms with Gasteiger partial charge in [-0.15, -0.1) is 0 Å². The Balaban J connectivity index is 2.07. The highest BCUT2D eigenvalue weighted by Gasteiger charge is 2.49. The van der Waals surface area contributed by atoms with Crippen LogP contribution in [0.4, 0.5) is 5.69 Å². The highest BCUT2D eigenvalue weighted by atomic mass is 16.5. The predicted molar refractivity (Wildman–Crippen MR) is 72.1 cm³/mol. The van der Waals surface area contributed by atoms with Gasteiger partial charge in [0, 0.05) is 11.3 Å². The first kappa shape index (κ1) is 10.4. The molecule has 1 N–H and O–H groups in total. The minimum atomic E-state index is -0.758. The van der Waals surface area contributed by atoms with E-state index in [1.165, 1.54) is 0 Å². The Hall–Kier alpha value is -2.55. The monoisotopic (exact) mass is 249 g/mol. The molecule has 1 amide bonds. The third-order valence-corrected chi connectivity index (χ3v) is 3.78. The number of nitrogens with one attached hydrogen (secondary N) is 1. The topological polar surface area (TPSA) is 38.3 Å². The minimum Gasteiger partial charge on any atom is -0.465 e. The van der Waals surface area contributed by atoms with Crippen LogP contribution in [0.2, 0.25) is 0 Å². The molecule has 1 atom stereocenters. The molecule has 0 aliphatic carbocycles. The third-order valence-electron chi connectivity index (χ3n) is 3.78. The van der Waals surface area contributed by atoms with E-state index in [-0.39, 0.29) is 5.91 Å². The molecular formula is C16H11NO2. The van der Waals surface area contributed by atoms with Gasteiger partial charge < -0.3 is 10.1 Å². The molecule has 4 rings (SSSR count). The fraction of sp³-hybridized carbons (Fsp3) is 0.0625. The van der Waals surface area contributed by atoms with Crippen LogP contribution in [0.1, 0.15) is 11.1 Å². The summed E-state index contributed by atoms with van der Waals surface area (Å²) in [5, 5.41) is 2.95. The first-order valence-corrected chi connectivity index (χ1v) is 6.17. The lowest BCUT2D eigenvalue weighted by Crippen LogP contribution is -2.35. The Kier molecular flexibility index (Phi) is 1.90. The van der Waals surface area contributed by atoms with Crippen LogP contribution in [-0.2, 0) is 10.2 Å². The molecule has 2 aliphatic heterocycles. The number of hydrogen-bond acceptors (Lipinski definition) is 2. The second-order valence-electron chi connectivity index (χ2n) is 4.72. The average molecular weight is 249 g/mol. The molecule has 0 bridgehead atoms. The maximum absolute atomic E-state index is 12.6. The van der Waals surface area contributed by atoms with Gasteiger partial charge in [-0.3, -0.25) is 4.79 Å². The molecule has 0 saturated heterocycles. The van der Waals surface area contributed by atoms with E-state index in [0.717, 1.165) is 22.6 Å². The molecule has 19 heavy (non-hydrogen) atoms. The maximum atomic E-state index is 12.6. The minimum absolute atomic E-state index is 0.0271. The molecule has 2 aromatic carbocycles. The molecule has 3 nitrogen and oxygen atoms in total. The van der Waals surface area contributed by atoms with Crippen LogP contribution in [0.3, 0.4) is 0 Å². The summed E-state index contributed by atoms with van der Waals surface area (Å²) in [6.45, 7) is 0. The number of anilines is 1. The van der Waals surface area contributed by atoms with Crippen LogP contribution in [0.15, 0.2) is 60.9 Å². The fourth-order valence-corrected chi connectivity index (χ4v) is 2.91. The van der Waals surface area contributed by atoms with Crippen LogP contribution < -0.4 is 10.1 Å². The summed E-state index contributed by atoms with van der Waals surface area (Å²) in [5.74, 6) is 0.706. The van der Waals surface area contributed by atoms with Gasteiger partial charge in [-0.2, -0.15) is 0 Å². The van der Waals surface area contributed by atoms with Crippen LogP contribution in [0.25, 0.3) is 0 Å². The van der Waals surface area contributed by atoms with E-state index in [4.69, 9.17) is 4.74 Å². The van der Waals surface area contributed by atoms with E-state index in [2.05, 4.69) is 5.32 Å². The van der Waals surface area contributed by atoms with Crippen molar-refractivity contribution in [2.24, 2.45) is 0 Å². The van der Waals surface area contributed by atoms with Crippen molar-refractivity contribution in [2.75, 3.05) is 5.32 Å². The quantitative estimate of drug-likeness (QED) is 0.779. The summed E-state index contributed by atoms with van der Waals surface area (Å²) in [4.78, 5) is 12.6. The third kappa shape index (κ3) is 1.19. The molecule has 0 radical (unpaired) electrons. The summed E-state index contributed by atoms with van der Waals surface area (Å²) in [6.07, 6.45) is 3.43. The van der Waals surface area contributed by atoms with Gasteiger partial charge >= 0.3 is 0 Å². The van der Waals surface area contributed by atoms with Gasteiger partial charge in [0.05, 0.1) is 6.26 Å². The molecule has 1 unspecified atom stereocenters. The van der Waals surface area contributed by atoms with Crippen molar-refractivity contribution in [2.45, 2.75) is 5.41 Å². The van der Waals surface area contributed by atoms with E-state index in [1.807, 2.05) is 54.6 Å². The van der Waals surface area contributed by atoms with Crippen LogP contribution in [-0.4, -0.2) is 5.91 Å². The van der Waals surface area contributed by atoms with Crippen LogP contribution in [0, 0.1) is 0 Å². The maximum Gasteiger partial charge on any atom is 0.243 e. The number of carbonyl (C=O) groups is 1. The largest absolute Gasteiger partial charge is 0.465 e. The SMILES string of the molecule is O=C1Nc2ccccc2C12C=COc1ccccc12. The van der Waals surface area contributed by atoms with Crippen LogP contribution >= 0.6 is 0 Å². The number of amides is 1. The van der Waals surface area contributed by atoms with E-state index < -0.39 is 5.41 Å². The summed E-state index contributed by atoms with van der Waals surface area (Å²) < 4.78 is 5.51. The zero-order valence-electron chi connectivity index (χ0n) is 10.1. The number of ether oxygens (including phenoxy) is 1. The van der Waals surface area contributed by atoms with Crippen molar-refractivity contribution in [3.63, 3.8) is 0 Å². The highest BCUT2D eigenvalue weighted by molar-refractivity contribution is 6.10. The number of benzene rings is 2. The van der Waals surface area contributed by atoms with Crippen molar-refractivity contribution in [1.82, 2.24) is 0 Å². The zero-order chi connectivity index (χ0) is 12.9.